The van der Waals surface area contributed by atoms with Gasteiger partial charge >= 0.3 is 0 Å². The van der Waals surface area contributed by atoms with E-state index in [0.717, 1.165) is 18.5 Å². The van der Waals surface area contributed by atoms with Gasteiger partial charge in [0.05, 0.1) is 4.92 Å². The number of nitrogen functional groups attached to an aromatic ring is 1. The Morgan fingerprint density at radius 2 is 2.22 bits per heavy atom. The fourth-order valence-corrected chi connectivity index (χ4v) is 2.23. The molecule has 0 radical (unpaired) electrons. The highest BCUT2D eigenvalue weighted by molar-refractivity contribution is 5.62. The molecule has 1 aliphatic rings. The summed E-state index contributed by atoms with van der Waals surface area (Å²) < 4.78 is 0. The Balaban J connectivity index is 2.17. The summed E-state index contributed by atoms with van der Waals surface area (Å²) >= 11 is 0. The molecule has 98 valence electrons. The van der Waals surface area contributed by atoms with Gasteiger partial charge in [0, 0.05) is 18.7 Å². The molecule has 0 unspecified atom stereocenters. The first kappa shape index (κ1) is 12.8. The van der Waals surface area contributed by atoms with Gasteiger partial charge in [-0.15, -0.1) is 0 Å². The maximum absolute atomic E-state index is 10.8. The number of nitrogens with zero attached hydrogens (tertiary/aromatic N) is 2. The molecule has 1 aromatic carbocycles. The van der Waals surface area contributed by atoms with Gasteiger partial charge in [0.1, 0.15) is 5.69 Å². The maximum atomic E-state index is 10.8. The van der Waals surface area contributed by atoms with Gasteiger partial charge in [-0.3, -0.25) is 15.0 Å². The molecule has 5 heteroatoms. The van der Waals surface area contributed by atoms with E-state index < -0.39 is 4.92 Å². The molecule has 1 aromatic rings. The van der Waals surface area contributed by atoms with Crippen LogP contribution in [-0.4, -0.2) is 22.4 Å². The number of benzene rings is 1. The van der Waals surface area contributed by atoms with Crippen LogP contribution in [0.5, 0.6) is 0 Å². The number of hydrogen-bond donors (Lipinski definition) is 1. The van der Waals surface area contributed by atoms with Gasteiger partial charge in [-0.25, -0.2) is 0 Å². The SMILES string of the molecule is CCCN(Cc1cccc([N+](=O)[O-])c1N)C1CC1. The van der Waals surface area contributed by atoms with Gasteiger partial charge in [-0.1, -0.05) is 19.1 Å². The second kappa shape index (κ2) is 5.35. The second-order valence-electron chi connectivity index (χ2n) is 4.81. The summed E-state index contributed by atoms with van der Waals surface area (Å²) in [4.78, 5) is 12.8. The van der Waals surface area contributed by atoms with Crippen molar-refractivity contribution >= 4 is 11.4 Å². The van der Waals surface area contributed by atoms with E-state index in [4.69, 9.17) is 5.73 Å². The standard InChI is InChI=1S/C13H19N3O2/c1-2-8-15(11-6-7-11)9-10-4-3-5-12(13(10)14)16(17)18/h3-5,11H,2,6-9,14H2,1H3. The number of nitro benzene ring substituents is 1. The molecule has 2 rings (SSSR count). The van der Waals surface area contributed by atoms with Crippen LogP contribution in [0, 0.1) is 10.1 Å². The van der Waals surface area contributed by atoms with Crippen LogP contribution in [0.25, 0.3) is 0 Å². The van der Waals surface area contributed by atoms with Gasteiger partial charge in [0.2, 0.25) is 0 Å². The van der Waals surface area contributed by atoms with Crippen molar-refractivity contribution in [1.82, 2.24) is 4.90 Å². The number of nitro groups is 1. The quantitative estimate of drug-likeness (QED) is 0.477. The molecule has 0 aromatic heterocycles. The minimum absolute atomic E-state index is 0.0137. The molecule has 18 heavy (non-hydrogen) atoms. The van der Waals surface area contributed by atoms with Crippen molar-refractivity contribution in [2.75, 3.05) is 12.3 Å². The first-order valence-corrected chi connectivity index (χ1v) is 6.39. The van der Waals surface area contributed by atoms with Crippen molar-refractivity contribution in [2.45, 2.75) is 38.8 Å². The number of hydrogen-bond acceptors (Lipinski definition) is 4. The molecule has 0 bridgehead atoms. The van der Waals surface area contributed by atoms with Gasteiger partial charge in [0.25, 0.3) is 5.69 Å². The van der Waals surface area contributed by atoms with E-state index in [9.17, 15) is 10.1 Å². The van der Waals surface area contributed by atoms with Crippen molar-refractivity contribution in [1.29, 1.82) is 0 Å². The minimum Gasteiger partial charge on any atom is -0.393 e. The summed E-state index contributed by atoms with van der Waals surface area (Å²) in [5.41, 5.74) is 7.07. The lowest BCUT2D eigenvalue weighted by Gasteiger charge is -2.21. The molecule has 5 nitrogen and oxygen atoms in total. The molecule has 0 saturated heterocycles. The zero-order valence-corrected chi connectivity index (χ0v) is 10.6. The Labute approximate surface area is 107 Å². The van der Waals surface area contributed by atoms with Crippen LogP contribution in [0.4, 0.5) is 11.4 Å². The second-order valence-corrected chi connectivity index (χ2v) is 4.81. The Hall–Kier alpha value is -1.62. The molecule has 0 heterocycles. The molecule has 2 N–H and O–H groups in total. The highest BCUT2D eigenvalue weighted by atomic mass is 16.6. The summed E-state index contributed by atoms with van der Waals surface area (Å²) in [6.07, 6.45) is 3.55. The molecule has 0 amide bonds. The fraction of sp³-hybridized carbons (Fsp3) is 0.538. The largest absolute Gasteiger partial charge is 0.393 e. The van der Waals surface area contributed by atoms with Crippen molar-refractivity contribution in [3.8, 4) is 0 Å². The third kappa shape index (κ3) is 2.79. The number of rotatable bonds is 6. The Kier molecular flexibility index (Phi) is 3.81. The van der Waals surface area contributed by atoms with Crippen LogP contribution in [0.3, 0.4) is 0 Å². The van der Waals surface area contributed by atoms with E-state index in [0.29, 0.717) is 18.3 Å². The number of nitrogens with two attached hydrogens (primary N) is 1. The van der Waals surface area contributed by atoms with Crippen LogP contribution in [0.1, 0.15) is 31.7 Å². The fourth-order valence-electron chi connectivity index (χ4n) is 2.23. The lowest BCUT2D eigenvalue weighted by atomic mass is 10.1. The van der Waals surface area contributed by atoms with E-state index in [1.54, 1.807) is 6.07 Å². The van der Waals surface area contributed by atoms with Gasteiger partial charge in [0.15, 0.2) is 0 Å². The predicted molar refractivity (Wildman–Crippen MR) is 71.2 cm³/mol. The van der Waals surface area contributed by atoms with Gasteiger partial charge in [-0.05, 0) is 31.4 Å². The Morgan fingerprint density at radius 1 is 1.50 bits per heavy atom. The molecule has 1 saturated carbocycles. The summed E-state index contributed by atoms with van der Waals surface area (Å²) in [5, 5.41) is 10.8. The van der Waals surface area contributed by atoms with Crippen molar-refractivity contribution < 1.29 is 4.92 Å². The number of anilines is 1. The van der Waals surface area contributed by atoms with Crippen molar-refractivity contribution in [2.24, 2.45) is 0 Å². The minimum atomic E-state index is -0.417. The third-order valence-electron chi connectivity index (χ3n) is 3.32. The summed E-state index contributed by atoms with van der Waals surface area (Å²) in [6, 6.07) is 5.69. The molecular weight excluding hydrogens is 230 g/mol. The summed E-state index contributed by atoms with van der Waals surface area (Å²) in [7, 11) is 0. The lowest BCUT2D eigenvalue weighted by Crippen LogP contribution is -2.26. The van der Waals surface area contributed by atoms with Crippen LogP contribution in [0.15, 0.2) is 18.2 Å². The normalized spacial score (nSPS) is 15.0. The Morgan fingerprint density at radius 3 is 2.78 bits per heavy atom. The lowest BCUT2D eigenvalue weighted by molar-refractivity contribution is -0.384. The average Bonchev–Trinajstić information content (AvgIpc) is 3.14. The molecule has 0 atom stereocenters. The van der Waals surface area contributed by atoms with E-state index in [2.05, 4.69) is 11.8 Å². The first-order valence-electron chi connectivity index (χ1n) is 6.39. The molecule has 0 spiro atoms. The third-order valence-corrected chi connectivity index (χ3v) is 3.32. The van der Waals surface area contributed by atoms with Crippen LogP contribution >= 0.6 is 0 Å². The summed E-state index contributed by atoms with van der Waals surface area (Å²) in [6.45, 7) is 3.88. The molecule has 1 aliphatic carbocycles. The van der Waals surface area contributed by atoms with Crippen molar-refractivity contribution in [3.05, 3.63) is 33.9 Å². The first-order chi connectivity index (χ1) is 8.63. The molecular formula is C13H19N3O2. The van der Waals surface area contributed by atoms with Gasteiger partial charge < -0.3 is 5.73 Å². The predicted octanol–water partition coefficient (Wildman–Crippen LogP) is 2.55. The van der Waals surface area contributed by atoms with Crippen LogP contribution < -0.4 is 5.73 Å². The highest BCUT2D eigenvalue weighted by Crippen LogP contribution is 2.31. The highest BCUT2D eigenvalue weighted by Gasteiger charge is 2.29. The van der Waals surface area contributed by atoms with E-state index in [-0.39, 0.29) is 5.69 Å². The average molecular weight is 249 g/mol. The zero-order valence-electron chi connectivity index (χ0n) is 10.6. The van der Waals surface area contributed by atoms with Crippen LogP contribution in [-0.2, 0) is 6.54 Å². The topological polar surface area (TPSA) is 72.4 Å². The molecule has 0 aliphatic heterocycles. The smallest absolute Gasteiger partial charge is 0.292 e. The number of para-hydroxylation sites is 1. The summed E-state index contributed by atoms with van der Waals surface area (Å²) in [5.74, 6) is 0. The van der Waals surface area contributed by atoms with Gasteiger partial charge in [-0.2, -0.15) is 0 Å². The van der Waals surface area contributed by atoms with E-state index >= 15 is 0 Å². The monoisotopic (exact) mass is 249 g/mol. The van der Waals surface area contributed by atoms with E-state index in [1.165, 1.54) is 18.9 Å². The molecule has 1 fully saturated rings. The maximum Gasteiger partial charge on any atom is 0.292 e. The zero-order chi connectivity index (χ0) is 13.1. The van der Waals surface area contributed by atoms with E-state index in [1.807, 2.05) is 6.07 Å². The Bertz CT molecular complexity index is 444. The van der Waals surface area contributed by atoms with Crippen molar-refractivity contribution in [3.63, 3.8) is 0 Å². The van der Waals surface area contributed by atoms with Crippen LogP contribution in [0.2, 0.25) is 0 Å².